The van der Waals surface area contributed by atoms with Gasteiger partial charge in [0.25, 0.3) is 5.91 Å². The Hall–Kier alpha value is -2.84. The van der Waals surface area contributed by atoms with E-state index in [1.165, 1.54) is 32.4 Å². The number of nitrogens with one attached hydrogen (secondary N) is 1. The zero-order valence-corrected chi connectivity index (χ0v) is 16.4. The van der Waals surface area contributed by atoms with Gasteiger partial charge in [-0.15, -0.1) is 11.3 Å². The van der Waals surface area contributed by atoms with Crippen molar-refractivity contribution in [1.29, 1.82) is 0 Å². The molecule has 1 amide bonds. The molecule has 0 saturated carbocycles. The number of thiophene rings is 1. The van der Waals surface area contributed by atoms with Gasteiger partial charge in [0.15, 0.2) is 6.61 Å². The molecule has 0 radical (unpaired) electrons. The molecule has 0 spiro atoms. The van der Waals surface area contributed by atoms with Crippen LogP contribution in [-0.4, -0.2) is 32.7 Å². The van der Waals surface area contributed by atoms with Crippen LogP contribution in [0, 0.1) is 5.82 Å². The maximum atomic E-state index is 13.3. The van der Waals surface area contributed by atoms with E-state index in [1.807, 2.05) is 0 Å². The van der Waals surface area contributed by atoms with Gasteiger partial charge in [0, 0.05) is 34.0 Å². The molecule has 0 bridgehead atoms. The second-order valence-corrected chi connectivity index (χ2v) is 7.04. The topological polar surface area (TPSA) is 73.9 Å². The van der Waals surface area contributed by atoms with Crippen LogP contribution in [0.4, 0.5) is 10.1 Å². The first kappa shape index (κ1) is 19.9. The number of amides is 1. The fraction of sp³-hybridized carbons (Fsp3) is 0.158. The van der Waals surface area contributed by atoms with E-state index in [0.717, 1.165) is 11.3 Å². The standard InChI is InChI=1S/C19H15ClFNO5S/c1-25-12-6-11(7-13(8-12)26-2)22-16(23)9-27-19(24)18-17(20)14-4-3-10(21)5-15(14)28-18/h3-8H,9H2,1-2H3,(H,22,23). The highest BCUT2D eigenvalue weighted by molar-refractivity contribution is 7.21. The Labute approximate surface area is 168 Å². The Morgan fingerprint density at radius 1 is 1.11 bits per heavy atom. The zero-order valence-electron chi connectivity index (χ0n) is 14.9. The number of esters is 1. The van der Waals surface area contributed by atoms with Crippen LogP contribution in [0.15, 0.2) is 36.4 Å². The zero-order chi connectivity index (χ0) is 20.3. The number of carbonyl (C=O) groups excluding carboxylic acids is 2. The van der Waals surface area contributed by atoms with Crippen molar-refractivity contribution >= 4 is 50.6 Å². The summed E-state index contributed by atoms with van der Waals surface area (Å²) in [6, 6.07) is 8.88. The fourth-order valence-corrected chi connectivity index (χ4v) is 3.87. The van der Waals surface area contributed by atoms with E-state index in [4.69, 9.17) is 25.8 Å². The summed E-state index contributed by atoms with van der Waals surface area (Å²) in [6.45, 7) is -0.517. The highest BCUT2D eigenvalue weighted by atomic mass is 35.5. The van der Waals surface area contributed by atoms with Gasteiger partial charge in [0.2, 0.25) is 0 Å². The molecule has 1 heterocycles. The van der Waals surface area contributed by atoms with E-state index in [2.05, 4.69) is 5.32 Å². The van der Waals surface area contributed by atoms with Gasteiger partial charge in [-0.25, -0.2) is 9.18 Å². The van der Waals surface area contributed by atoms with Gasteiger partial charge < -0.3 is 19.5 Å². The molecule has 1 aromatic heterocycles. The number of ether oxygens (including phenoxy) is 3. The minimum absolute atomic E-state index is 0.109. The normalized spacial score (nSPS) is 10.6. The summed E-state index contributed by atoms with van der Waals surface area (Å²) in [7, 11) is 2.98. The van der Waals surface area contributed by atoms with E-state index in [9.17, 15) is 14.0 Å². The van der Waals surface area contributed by atoms with E-state index in [0.29, 0.717) is 27.3 Å². The van der Waals surface area contributed by atoms with Crippen molar-refractivity contribution in [3.8, 4) is 11.5 Å². The quantitative estimate of drug-likeness (QED) is 0.590. The van der Waals surface area contributed by atoms with Gasteiger partial charge in [-0.2, -0.15) is 0 Å². The smallest absolute Gasteiger partial charge is 0.350 e. The average Bonchev–Trinajstić information content (AvgIpc) is 3.01. The summed E-state index contributed by atoms with van der Waals surface area (Å²) in [5.74, 6) is -0.748. The first-order valence-corrected chi connectivity index (χ1v) is 9.18. The lowest BCUT2D eigenvalue weighted by Crippen LogP contribution is -2.20. The van der Waals surface area contributed by atoms with Crippen LogP contribution in [0.3, 0.4) is 0 Å². The molecule has 3 aromatic rings. The third kappa shape index (κ3) is 4.35. The first-order valence-electron chi connectivity index (χ1n) is 7.99. The van der Waals surface area contributed by atoms with Gasteiger partial charge in [-0.05, 0) is 18.2 Å². The molecule has 0 saturated heterocycles. The summed E-state index contributed by atoms with van der Waals surface area (Å²) in [6.07, 6.45) is 0. The van der Waals surface area contributed by atoms with Crippen LogP contribution in [0.25, 0.3) is 10.1 Å². The summed E-state index contributed by atoms with van der Waals surface area (Å²) in [4.78, 5) is 24.5. The molecule has 28 heavy (non-hydrogen) atoms. The van der Waals surface area contributed by atoms with Gasteiger partial charge in [-0.1, -0.05) is 11.6 Å². The number of rotatable bonds is 6. The van der Waals surface area contributed by atoms with Crippen molar-refractivity contribution in [3.05, 3.63) is 52.1 Å². The monoisotopic (exact) mass is 423 g/mol. The molecule has 0 unspecified atom stereocenters. The fourth-order valence-electron chi connectivity index (χ4n) is 2.44. The third-order valence-electron chi connectivity index (χ3n) is 3.75. The summed E-state index contributed by atoms with van der Waals surface area (Å²) >= 11 is 7.18. The SMILES string of the molecule is COc1cc(NC(=O)COC(=O)c2sc3cc(F)ccc3c2Cl)cc(OC)c1. The minimum atomic E-state index is -0.759. The maximum Gasteiger partial charge on any atom is 0.350 e. The van der Waals surface area contributed by atoms with Crippen LogP contribution >= 0.6 is 22.9 Å². The number of halogens is 2. The lowest BCUT2D eigenvalue weighted by Gasteiger charge is -2.10. The Kier molecular flexibility index (Phi) is 6.01. The molecule has 9 heteroatoms. The van der Waals surface area contributed by atoms with Crippen LogP contribution in [0.5, 0.6) is 11.5 Å². The van der Waals surface area contributed by atoms with Gasteiger partial charge in [0.1, 0.15) is 22.2 Å². The second-order valence-electron chi connectivity index (χ2n) is 5.61. The molecule has 1 N–H and O–H groups in total. The van der Waals surface area contributed by atoms with Gasteiger partial charge >= 0.3 is 5.97 Å². The van der Waals surface area contributed by atoms with Crippen molar-refractivity contribution in [3.63, 3.8) is 0 Å². The van der Waals surface area contributed by atoms with Crippen molar-refractivity contribution in [2.24, 2.45) is 0 Å². The van der Waals surface area contributed by atoms with Gasteiger partial charge in [0.05, 0.1) is 19.2 Å². The second kappa shape index (κ2) is 8.45. The summed E-state index contributed by atoms with van der Waals surface area (Å²) in [5.41, 5.74) is 0.424. The average molecular weight is 424 g/mol. The van der Waals surface area contributed by atoms with Crippen LogP contribution in [-0.2, 0) is 9.53 Å². The Morgan fingerprint density at radius 3 is 2.43 bits per heavy atom. The molecule has 0 atom stereocenters. The first-order chi connectivity index (χ1) is 13.4. The van der Waals surface area contributed by atoms with E-state index >= 15 is 0 Å². The van der Waals surface area contributed by atoms with E-state index in [1.54, 1.807) is 18.2 Å². The van der Waals surface area contributed by atoms with Crippen LogP contribution < -0.4 is 14.8 Å². The summed E-state index contributed by atoms with van der Waals surface area (Å²) in [5, 5.41) is 3.31. The molecule has 0 fully saturated rings. The minimum Gasteiger partial charge on any atom is -0.497 e. The maximum absolute atomic E-state index is 13.3. The highest BCUT2D eigenvalue weighted by Crippen LogP contribution is 2.36. The Balaban J connectivity index is 1.66. The van der Waals surface area contributed by atoms with Crippen molar-refractivity contribution < 1.29 is 28.2 Å². The number of fused-ring (bicyclic) bond motifs is 1. The highest BCUT2D eigenvalue weighted by Gasteiger charge is 2.20. The molecule has 3 rings (SSSR count). The molecule has 0 aliphatic rings. The van der Waals surface area contributed by atoms with E-state index in [-0.39, 0.29) is 9.90 Å². The molecule has 2 aromatic carbocycles. The van der Waals surface area contributed by atoms with Crippen molar-refractivity contribution in [2.75, 3.05) is 26.1 Å². The molecule has 0 aliphatic heterocycles. The molecular weight excluding hydrogens is 409 g/mol. The van der Waals surface area contributed by atoms with E-state index < -0.39 is 24.3 Å². The largest absolute Gasteiger partial charge is 0.497 e. The number of hydrogen-bond donors (Lipinski definition) is 1. The van der Waals surface area contributed by atoms with Crippen LogP contribution in [0.1, 0.15) is 9.67 Å². The number of methoxy groups -OCH3 is 2. The predicted octanol–water partition coefficient (Wildman–Crippen LogP) is 4.51. The predicted molar refractivity (Wildman–Crippen MR) is 105 cm³/mol. The van der Waals surface area contributed by atoms with Crippen LogP contribution in [0.2, 0.25) is 5.02 Å². The molecule has 6 nitrogen and oxygen atoms in total. The Morgan fingerprint density at radius 2 is 1.79 bits per heavy atom. The number of carbonyl (C=O) groups is 2. The number of benzene rings is 2. The molecular formula is C19H15ClFNO5S. The summed E-state index contributed by atoms with van der Waals surface area (Å²) < 4.78 is 29.1. The number of hydrogen-bond acceptors (Lipinski definition) is 6. The number of anilines is 1. The van der Waals surface area contributed by atoms with Gasteiger partial charge in [-0.3, -0.25) is 4.79 Å². The molecule has 0 aliphatic carbocycles. The Bertz CT molecular complexity index is 1030. The lowest BCUT2D eigenvalue weighted by atomic mass is 10.2. The van der Waals surface area contributed by atoms with Crippen molar-refractivity contribution in [1.82, 2.24) is 0 Å². The lowest BCUT2D eigenvalue weighted by molar-refractivity contribution is -0.119. The van der Waals surface area contributed by atoms with Crippen molar-refractivity contribution in [2.45, 2.75) is 0 Å². The molecule has 146 valence electrons. The third-order valence-corrected chi connectivity index (χ3v) is 5.38.